The minimum Gasteiger partial charge on any atom is -0.478 e. The van der Waals surface area contributed by atoms with Gasteiger partial charge in [0.2, 0.25) is 5.91 Å². The van der Waals surface area contributed by atoms with Crippen LogP contribution in [0.1, 0.15) is 36.7 Å². The number of para-hydroxylation sites is 1. The Morgan fingerprint density at radius 3 is 2.28 bits per heavy atom. The molecule has 1 atom stereocenters. The van der Waals surface area contributed by atoms with E-state index in [9.17, 15) is 19.5 Å². The number of carboxylic acids is 1. The molecule has 0 bridgehead atoms. The molecule has 0 radical (unpaired) electrons. The Balaban J connectivity index is 1.86. The molecule has 0 spiro atoms. The van der Waals surface area contributed by atoms with Crippen LogP contribution in [-0.4, -0.2) is 34.7 Å². The first-order chi connectivity index (χ1) is 15.1. The lowest BCUT2D eigenvalue weighted by Crippen LogP contribution is -2.47. The molecule has 3 aromatic rings. The van der Waals surface area contributed by atoms with Crippen LogP contribution in [-0.2, 0) is 16.0 Å². The fourth-order valence-corrected chi connectivity index (χ4v) is 3.26. The molecule has 0 fully saturated rings. The number of anilines is 1. The lowest BCUT2D eigenvalue weighted by atomic mass is 10.0. The highest BCUT2D eigenvalue weighted by Gasteiger charge is 2.26. The van der Waals surface area contributed by atoms with Gasteiger partial charge in [-0.1, -0.05) is 54.6 Å². The van der Waals surface area contributed by atoms with Crippen LogP contribution in [0.4, 0.5) is 10.5 Å². The van der Waals surface area contributed by atoms with Gasteiger partial charge in [0, 0.05) is 6.42 Å². The van der Waals surface area contributed by atoms with Crippen LogP contribution in [0, 0.1) is 0 Å². The van der Waals surface area contributed by atoms with Crippen LogP contribution in [0.3, 0.4) is 0 Å². The van der Waals surface area contributed by atoms with Crippen LogP contribution in [0.15, 0.2) is 66.7 Å². The molecule has 0 saturated carbocycles. The summed E-state index contributed by atoms with van der Waals surface area (Å²) in [4.78, 5) is 37.0. The van der Waals surface area contributed by atoms with Crippen LogP contribution in [0.5, 0.6) is 0 Å². The molecule has 7 heteroatoms. The largest absolute Gasteiger partial charge is 0.478 e. The SMILES string of the molecule is CC(C)(C)OC(=O)NC(Cc1ccc2ccccc2c1)C(=O)Nc1ccccc1C(=O)O. The second kappa shape index (κ2) is 9.51. The molecule has 2 amide bonds. The van der Waals surface area contributed by atoms with Crippen LogP contribution < -0.4 is 10.6 Å². The number of carboxylic acid groups (broad SMARTS) is 1. The third kappa shape index (κ3) is 6.07. The van der Waals surface area contributed by atoms with E-state index in [1.165, 1.54) is 12.1 Å². The van der Waals surface area contributed by atoms with E-state index in [1.807, 2.05) is 42.5 Å². The fourth-order valence-electron chi connectivity index (χ4n) is 3.26. The number of nitrogens with one attached hydrogen (secondary N) is 2. The Kier molecular flexibility index (Phi) is 6.78. The number of hydrogen-bond acceptors (Lipinski definition) is 4. The maximum absolute atomic E-state index is 13.1. The quantitative estimate of drug-likeness (QED) is 0.525. The Labute approximate surface area is 186 Å². The van der Waals surface area contributed by atoms with E-state index < -0.39 is 29.6 Å². The van der Waals surface area contributed by atoms with Crippen molar-refractivity contribution in [3.8, 4) is 0 Å². The number of rotatable bonds is 6. The number of hydrogen-bond donors (Lipinski definition) is 3. The Bertz CT molecular complexity index is 1150. The van der Waals surface area contributed by atoms with Crippen molar-refractivity contribution in [2.75, 3.05) is 5.32 Å². The first-order valence-corrected chi connectivity index (χ1v) is 10.2. The third-order valence-electron chi connectivity index (χ3n) is 4.68. The van der Waals surface area contributed by atoms with Crippen molar-refractivity contribution in [1.82, 2.24) is 5.32 Å². The number of amides is 2. The normalized spacial score (nSPS) is 12.1. The van der Waals surface area contributed by atoms with Gasteiger partial charge in [-0.3, -0.25) is 4.79 Å². The zero-order valence-electron chi connectivity index (χ0n) is 18.2. The second-order valence-electron chi connectivity index (χ2n) is 8.42. The van der Waals surface area contributed by atoms with Gasteiger partial charge in [0.1, 0.15) is 11.6 Å². The molecular weight excluding hydrogens is 408 g/mol. The molecule has 3 N–H and O–H groups in total. The summed E-state index contributed by atoms with van der Waals surface area (Å²) in [6.45, 7) is 5.19. The monoisotopic (exact) mass is 434 g/mol. The van der Waals surface area contributed by atoms with Crippen molar-refractivity contribution in [1.29, 1.82) is 0 Å². The third-order valence-corrected chi connectivity index (χ3v) is 4.68. The minimum absolute atomic E-state index is 0.0393. The topological polar surface area (TPSA) is 105 Å². The van der Waals surface area contributed by atoms with Gasteiger partial charge in [0.05, 0.1) is 11.3 Å². The molecule has 0 aromatic heterocycles. The van der Waals surface area contributed by atoms with Gasteiger partial charge in [0.15, 0.2) is 0 Å². The maximum atomic E-state index is 13.1. The maximum Gasteiger partial charge on any atom is 0.408 e. The molecular formula is C25H26N2O5. The average Bonchev–Trinajstić information content (AvgIpc) is 2.72. The Morgan fingerprint density at radius 2 is 1.59 bits per heavy atom. The van der Waals surface area contributed by atoms with Gasteiger partial charge >= 0.3 is 12.1 Å². The molecule has 0 heterocycles. The van der Waals surface area contributed by atoms with Crippen LogP contribution in [0.2, 0.25) is 0 Å². The molecule has 7 nitrogen and oxygen atoms in total. The van der Waals surface area contributed by atoms with E-state index in [0.717, 1.165) is 16.3 Å². The number of carbonyl (C=O) groups excluding carboxylic acids is 2. The number of aromatic carboxylic acids is 1. The summed E-state index contributed by atoms with van der Waals surface area (Å²) in [7, 11) is 0. The lowest BCUT2D eigenvalue weighted by molar-refractivity contribution is -0.118. The predicted molar refractivity (Wildman–Crippen MR) is 123 cm³/mol. The van der Waals surface area contributed by atoms with E-state index in [1.54, 1.807) is 32.9 Å². The number of benzene rings is 3. The molecule has 1 unspecified atom stereocenters. The van der Waals surface area contributed by atoms with Crippen molar-refractivity contribution in [3.05, 3.63) is 77.9 Å². The van der Waals surface area contributed by atoms with Gasteiger partial charge in [-0.15, -0.1) is 0 Å². The smallest absolute Gasteiger partial charge is 0.408 e. The Hall–Kier alpha value is -3.87. The number of fused-ring (bicyclic) bond motifs is 1. The van der Waals surface area contributed by atoms with E-state index in [2.05, 4.69) is 10.6 Å². The number of carbonyl (C=O) groups is 3. The summed E-state index contributed by atoms with van der Waals surface area (Å²) in [6.07, 6.45) is -0.532. The zero-order chi connectivity index (χ0) is 23.3. The van der Waals surface area contributed by atoms with Crippen molar-refractivity contribution in [2.45, 2.75) is 38.8 Å². The second-order valence-corrected chi connectivity index (χ2v) is 8.42. The van der Waals surface area contributed by atoms with Crippen molar-refractivity contribution in [3.63, 3.8) is 0 Å². The van der Waals surface area contributed by atoms with Crippen LogP contribution in [0.25, 0.3) is 10.8 Å². The predicted octanol–water partition coefficient (Wildman–Crippen LogP) is 4.61. The summed E-state index contributed by atoms with van der Waals surface area (Å²) < 4.78 is 5.31. The molecule has 0 aliphatic rings. The fraction of sp³-hybridized carbons (Fsp3) is 0.240. The Morgan fingerprint density at radius 1 is 0.938 bits per heavy atom. The molecule has 32 heavy (non-hydrogen) atoms. The minimum atomic E-state index is -1.16. The lowest BCUT2D eigenvalue weighted by Gasteiger charge is -2.23. The van der Waals surface area contributed by atoms with Gasteiger partial charge in [-0.05, 0) is 49.2 Å². The summed E-state index contributed by atoms with van der Waals surface area (Å²) in [6, 6.07) is 18.8. The molecule has 3 rings (SSSR count). The molecule has 0 aliphatic carbocycles. The number of alkyl carbamates (subject to hydrolysis) is 1. The summed E-state index contributed by atoms with van der Waals surface area (Å²) in [5, 5.41) is 16.7. The van der Waals surface area contributed by atoms with Gasteiger partial charge < -0.3 is 20.5 Å². The van der Waals surface area contributed by atoms with Crippen molar-refractivity contribution in [2.24, 2.45) is 0 Å². The molecule has 0 saturated heterocycles. The molecule has 3 aromatic carbocycles. The highest BCUT2D eigenvalue weighted by molar-refractivity contribution is 6.03. The summed E-state index contributed by atoms with van der Waals surface area (Å²) in [5.74, 6) is -1.70. The van der Waals surface area contributed by atoms with E-state index in [4.69, 9.17) is 4.74 Å². The van der Waals surface area contributed by atoms with Crippen molar-refractivity contribution >= 4 is 34.4 Å². The van der Waals surface area contributed by atoms with E-state index in [-0.39, 0.29) is 17.7 Å². The standard InChI is InChI=1S/C25H26N2O5/c1-25(2,3)32-24(31)27-21(15-16-12-13-17-8-4-5-9-18(17)14-16)22(28)26-20-11-7-6-10-19(20)23(29)30/h4-14,21H,15H2,1-3H3,(H,26,28)(H,27,31)(H,29,30). The van der Waals surface area contributed by atoms with Gasteiger partial charge in [0.25, 0.3) is 0 Å². The number of ether oxygens (including phenoxy) is 1. The molecule has 0 aliphatic heterocycles. The molecule has 166 valence electrons. The highest BCUT2D eigenvalue weighted by atomic mass is 16.6. The first kappa shape index (κ1) is 22.8. The van der Waals surface area contributed by atoms with E-state index in [0.29, 0.717) is 0 Å². The van der Waals surface area contributed by atoms with E-state index >= 15 is 0 Å². The summed E-state index contributed by atoms with van der Waals surface area (Å²) >= 11 is 0. The summed E-state index contributed by atoms with van der Waals surface area (Å²) in [5.41, 5.74) is 0.220. The average molecular weight is 434 g/mol. The highest BCUT2D eigenvalue weighted by Crippen LogP contribution is 2.19. The van der Waals surface area contributed by atoms with Gasteiger partial charge in [-0.25, -0.2) is 9.59 Å². The first-order valence-electron chi connectivity index (χ1n) is 10.2. The van der Waals surface area contributed by atoms with Crippen molar-refractivity contribution < 1.29 is 24.2 Å². The zero-order valence-corrected chi connectivity index (χ0v) is 18.2. The van der Waals surface area contributed by atoms with Crippen LogP contribution >= 0.6 is 0 Å². The van der Waals surface area contributed by atoms with Gasteiger partial charge in [-0.2, -0.15) is 0 Å².